The van der Waals surface area contributed by atoms with E-state index in [1.807, 2.05) is 35.8 Å². The normalized spacial score (nSPS) is 12.3. The maximum Gasteiger partial charge on any atom is 0.0797 e. The summed E-state index contributed by atoms with van der Waals surface area (Å²) < 4.78 is 0. The third kappa shape index (κ3) is 5.16. The molecule has 0 saturated carbocycles. The monoisotopic (exact) mass is 652 g/mol. The molecule has 4 aromatic carbocycles. The lowest BCUT2D eigenvalue weighted by Crippen LogP contribution is -2.04. The molecule has 0 radical (unpaired) electrons. The number of fused-ring (bicyclic) bond motifs is 2. The number of hydrogen-bond donors (Lipinski definition) is 0. The smallest absolute Gasteiger partial charge is 0.0797 e. The Morgan fingerprint density at radius 3 is 1.77 bits per heavy atom. The Kier molecular flexibility index (Phi) is 7.30. The molecule has 0 fully saturated rings. The fourth-order valence-corrected chi connectivity index (χ4v) is 8.01. The molecule has 6 heteroatoms. The molecule has 4 heterocycles. The van der Waals surface area contributed by atoms with Gasteiger partial charge in [0.1, 0.15) is 0 Å². The Balaban J connectivity index is 1.27. The van der Waals surface area contributed by atoms with Gasteiger partial charge in [-0.25, -0.2) is 0 Å². The average molecular weight is 653 g/mol. The number of pyridine rings is 2. The summed E-state index contributed by atoms with van der Waals surface area (Å²) in [6.45, 7) is 0. The number of aromatic nitrogens is 4. The van der Waals surface area contributed by atoms with Crippen molar-refractivity contribution in [2.24, 2.45) is 0 Å². The van der Waals surface area contributed by atoms with Gasteiger partial charge in [0, 0.05) is 47.0 Å². The zero-order valence-electron chi connectivity index (χ0n) is 25.9. The molecule has 0 bridgehead atoms. The van der Waals surface area contributed by atoms with Gasteiger partial charge in [-0.1, -0.05) is 72.8 Å². The standard InChI is InChI=1S/C42H28N4S2/c1-2-7-27(8-3-1)28-9-6-10-29(19-28)30-13-16-35-36(20-30)42(38-18-15-32(22-46-38)40-24-44-26-48-40)34-12-5-4-11-33(34)41(35)37-17-14-31(21-45-37)39-23-43-25-47-39/h1-4,6-11,13-26H,5,12H2. The van der Waals surface area contributed by atoms with Crippen LogP contribution in [0.25, 0.3) is 82.5 Å². The SMILES string of the molecule is C1=Cc2c(c(-c3ccc(-c4cncs4)cn3)c3cc(-c4cccc(-c5ccccc5)c4)ccc3c2-c2ccc(-c3cncs3)cn2)CC1. The third-order valence-electron chi connectivity index (χ3n) is 9.08. The van der Waals surface area contributed by atoms with E-state index in [0.717, 1.165) is 45.1 Å². The van der Waals surface area contributed by atoms with E-state index in [2.05, 4.69) is 119 Å². The molecule has 0 N–H and O–H groups in total. The van der Waals surface area contributed by atoms with E-state index >= 15 is 0 Å². The van der Waals surface area contributed by atoms with E-state index < -0.39 is 0 Å². The molecule has 8 aromatic rings. The predicted molar refractivity (Wildman–Crippen MR) is 201 cm³/mol. The van der Waals surface area contributed by atoms with E-state index in [4.69, 9.17) is 9.97 Å². The summed E-state index contributed by atoms with van der Waals surface area (Å²) in [6.07, 6.45) is 14.3. The highest BCUT2D eigenvalue weighted by molar-refractivity contribution is 7.13. The second-order valence-electron chi connectivity index (χ2n) is 11.9. The number of rotatable bonds is 6. The highest BCUT2D eigenvalue weighted by Crippen LogP contribution is 2.45. The predicted octanol–water partition coefficient (Wildman–Crippen LogP) is 11.5. The Bertz CT molecular complexity index is 2410. The van der Waals surface area contributed by atoms with Gasteiger partial charge in [-0.2, -0.15) is 0 Å². The average Bonchev–Trinajstić information content (AvgIpc) is 3.91. The molecule has 0 saturated heterocycles. The highest BCUT2D eigenvalue weighted by Gasteiger charge is 2.23. The van der Waals surface area contributed by atoms with Crippen LogP contribution in [0.2, 0.25) is 0 Å². The summed E-state index contributed by atoms with van der Waals surface area (Å²) in [6, 6.07) is 35.0. The van der Waals surface area contributed by atoms with Crippen LogP contribution in [0.1, 0.15) is 17.5 Å². The van der Waals surface area contributed by atoms with E-state index in [0.29, 0.717) is 0 Å². The fourth-order valence-electron chi connectivity index (χ4n) is 6.78. The first-order valence-corrected chi connectivity index (χ1v) is 17.7. The third-order valence-corrected chi connectivity index (χ3v) is 10.7. The zero-order chi connectivity index (χ0) is 31.9. The van der Waals surface area contributed by atoms with Crippen molar-refractivity contribution in [1.29, 1.82) is 0 Å². The lowest BCUT2D eigenvalue weighted by atomic mass is 9.81. The zero-order valence-corrected chi connectivity index (χ0v) is 27.5. The van der Waals surface area contributed by atoms with E-state index in [1.165, 1.54) is 55.3 Å². The molecule has 9 rings (SSSR count). The molecule has 228 valence electrons. The van der Waals surface area contributed by atoms with Gasteiger partial charge in [0.05, 0.1) is 32.2 Å². The van der Waals surface area contributed by atoms with E-state index in [9.17, 15) is 0 Å². The van der Waals surface area contributed by atoms with Gasteiger partial charge in [-0.15, -0.1) is 22.7 Å². The lowest BCUT2D eigenvalue weighted by molar-refractivity contribution is 0.989. The minimum Gasteiger partial charge on any atom is -0.256 e. The van der Waals surface area contributed by atoms with Gasteiger partial charge in [-0.3, -0.25) is 19.9 Å². The van der Waals surface area contributed by atoms with Gasteiger partial charge in [0.25, 0.3) is 0 Å². The van der Waals surface area contributed by atoms with E-state index in [-0.39, 0.29) is 0 Å². The lowest BCUT2D eigenvalue weighted by Gasteiger charge is -2.23. The molecule has 1 aliphatic carbocycles. The number of hydrogen-bond acceptors (Lipinski definition) is 6. The molecule has 1 aliphatic rings. The van der Waals surface area contributed by atoms with Crippen molar-refractivity contribution in [1.82, 2.24) is 19.9 Å². The van der Waals surface area contributed by atoms with Crippen LogP contribution in [0.3, 0.4) is 0 Å². The Morgan fingerprint density at radius 1 is 0.500 bits per heavy atom. The molecule has 0 unspecified atom stereocenters. The van der Waals surface area contributed by atoms with Gasteiger partial charge in [-0.05, 0) is 93.4 Å². The minimum absolute atomic E-state index is 0.940. The molecule has 0 amide bonds. The molecule has 0 atom stereocenters. The van der Waals surface area contributed by atoms with Crippen LogP contribution < -0.4 is 0 Å². The van der Waals surface area contributed by atoms with Gasteiger partial charge < -0.3 is 0 Å². The van der Waals surface area contributed by atoms with Crippen LogP contribution in [-0.4, -0.2) is 19.9 Å². The van der Waals surface area contributed by atoms with Crippen LogP contribution in [0.5, 0.6) is 0 Å². The molecule has 48 heavy (non-hydrogen) atoms. The van der Waals surface area contributed by atoms with Crippen LogP contribution in [0, 0.1) is 0 Å². The maximum atomic E-state index is 5.10. The molecule has 4 aromatic heterocycles. The van der Waals surface area contributed by atoms with Crippen molar-refractivity contribution in [2.45, 2.75) is 12.8 Å². The Morgan fingerprint density at radius 2 is 1.12 bits per heavy atom. The van der Waals surface area contributed by atoms with Crippen LogP contribution in [-0.2, 0) is 6.42 Å². The van der Waals surface area contributed by atoms with E-state index in [1.54, 1.807) is 22.7 Å². The first kappa shape index (κ1) is 28.6. The first-order chi connectivity index (χ1) is 23.8. The Labute approximate surface area is 286 Å². The second-order valence-corrected chi connectivity index (χ2v) is 13.7. The largest absolute Gasteiger partial charge is 0.256 e. The molecule has 4 nitrogen and oxygen atoms in total. The van der Waals surface area contributed by atoms with Gasteiger partial charge >= 0.3 is 0 Å². The minimum atomic E-state index is 0.940. The van der Waals surface area contributed by atoms with Crippen molar-refractivity contribution in [3.05, 3.63) is 150 Å². The quantitative estimate of drug-likeness (QED) is 0.179. The number of thiazole rings is 2. The van der Waals surface area contributed by atoms with Crippen molar-refractivity contribution in [3.63, 3.8) is 0 Å². The second kappa shape index (κ2) is 12.2. The van der Waals surface area contributed by atoms with Gasteiger partial charge in [0.2, 0.25) is 0 Å². The van der Waals surface area contributed by atoms with Crippen molar-refractivity contribution < 1.29 is 0 Å². The van der Waals surface area contributed by atoms with Crippen LogP contribution in [0.15, 0.2) is 139 Å². The summed E-state index contributed by atoms with van der Waals surface area (Å²) in [5.74, 6) is 0. The van der Waals surface area contributed by atoms with Crippen molar-refractivity contribution in [2.75, 3.05) is 0 Å². The summed E-state index contributed by atoms with van der Waals surface area (Å²) >= 11 is 3.26. The molecular weight excluding hydrogens is 625 g/mol. The molecule has 0 spiro atoms. The fraction of sp³-hybridized carbons (Fsp3) is 0.0476. The Hall–Kier alpha value is -5.56. The van der Waals surface area contributed by atoms with Crippen LogP contribution >= 0.6 is 22.7 Å². The van der Waals surface area contributed by atoms with Crippen molar-refractivity contribution in [3.8, 4) is 65.6 Å². The number of benzene rings is 4. The summed E-state index contributed by atoms with van der Waals surface area (Å²) in [5.41, 5.74) is 17.5. The molecular formula is C42H28N4S2. The molecule has 0 aliphatic heterocycles. The van der Waals surface area contributed by atoms with Crippen molar-refractivity contribution >= 4 is 39.5 Å². The summed E-state index contributed by atoms with van der Waals surface area (Å²) in [5, 5.41) is 2.36. The summed E-state index contributed by atoms with van der Waals surface area (Å²) in [7, 11) is 0. The highest BCUT2D eigenvalue weighted by atomic mass is 32.1. The van der Waals surface area contributed by atoms with Crippen LogP contribution in [0.4, 0.5) is 0 Å². The van der Waals surface area contributed by atoms with Gasteiger partial charge in [0.15, 0.2) is 0 Å². The maximum absolute atomic E-state index is 5.10. The number of allylic oxidation sites excluding steroid dienone is 1. The summed E-state index contributed by atoms with van der Waals surface area (Å²) in [4.78, 5) is 20.9. The number of nitrogens with zero attached hydrogens (tertiary/aromatic N) is 4. The first-order valence-electron chi connectivity index (χ1n) is 16.0. The topological polar surface area (TPSA) is 51.6 Å².